The summed E-state index contributed by atoms with van der Waals surface area (Å²) in [7, 11) is 0. The monoisotopic (exact) mass is 223 g/mol. The van der Waals surface area contributed by atoms with Crippen LogP contribution >= 0.6 is 0 Å². The predicted octanol–water partition coefficient (Wildman–Crippen LogP) is 1.36. The zero-order chi connectivity index (χ0) is 12.0. The van der Waals surface area contributed by atoms with Crippen molar-refractivity contribution in [3.05, 3.63) is 29.8 Å². The van der Waals surface area contributed by atoms with Gasteiger partial charge in [0, 0.05) is 5.69 Å². The third-order valence-electron chi connectivity index (χ3n) is 1.82. The molecule has 0 saturated carbocycles. The molecule has 1 aromatic carbocycles. The molecule has 2 N–H and O–H groups in total. The highest BCUT2D eigenvalue weighted by molar-refractivity contribution is 5.90. The Bertz CT molecular complexity index is 389. The minimum atomic E-state index is -0.957. The highest BCUT2D eigenvalue weighted by atomic mass is 16.5. The summed E-state index contributed by atoms with van der Waals surface area (Å²) in [5.74, 6) is -1.37. The Kier molecular flexibility index (Phi) is 4.32. The fourth-order valence-electron chi connectivity index (χ4n) is 1.15. The van der Waals surface area contributed by atoms with Crippen LogP contribution in [0.1, 0.15) is 17.3 Å². The molecule has 0 amide bonds. The molecule has 86 valence electrons. The number of rotatable bonds is 5. The van der Waals surface area contributed by atoms with Crippen LogP contribution in [0.25, 0.3) is 0 Å². The molecule has 0 unspecified atom stereocenters. The second kappa shape index (κ2) is 5.75. The van der Waals surface area contributed by atoms with E-state index >= 15 is 0 Å². The molecule has 0 aliphatic rings. The van der Waals surface area contributed by atoms with E-state index in [0.29, 0.717) is 17.9 Å². The van der Waals surface area contributed by atoms with Gasteiger partial charge in [-0.15, -0.1) is 0 Å². The van der Waals surface area contributed by atoms with E-state index in [1.54, 1.807) is 31.2 Å². The maximum atomic E-state index is 11.4. The fourth-order valence-corrected chi connectivity index (χ4v) is 1.15. The lowest BCUT2D eigenvalue weighted by molar-refractivity contribution is -0.134. The van der Waals surface area contributed by atoms with E-state index in [1.165, 1.54) is 0 Å². The van der Waals surface area contributed by atoms with E-state index < -0.39 is 11.9 Å². The molecule has 0 aliphatic carbocycles. The maximum absolute atomic E-state index is 11.4. The number of benzene rings is 1. The van der Waals surface area contributed by atoms with Crippen LogP contribution in [0.2, 0.25) is 0 Å². The van der Waals surface area contributed by atoms with Crippen molar-refractivity contribution in [3.63, 3.8) is 0 Å². The maximum Gasteiger partial charge on any atom is 0.338 e. The van der Waals surface area contributed by atoms with E-state index in [2.05, 4.69) is 5.32 Å². The van der Waals surface area contributed by atoms with E-state index in [1.807, 2.05) is 0 Å². The first kappa shape index (κ1) is 12.0. The normalized spacial score (nSPS) is 9.56. The van der Waals surface area contributed by atoms with Crippen LogP contribution in [0.3, 0.4) is 0 Å². The van der Waals surface area contributed by atoms with Crippen LogP contribution < -0.4 is 5.32 Å². The fraction of sp³-hybridized carbons (Fsp3) is 0.273. The third kappa shape index (κ3) is 3.61. The van der Waals surface area contributed by atoms with E-state index in [9.17, 15) is 9.59 Å². The number of carbonyl (C=O) groups is 2. The minimum Gasteiger partial charge on any atom is -0.480 e. The zero-order valence-electron chi connectivity index (χ0n) is 8.90. The highest BCUT2D eigenvalue weighted by Crippen LogP contribution is 2.11. The number of esters is 1. The summed E-state index contributed by atoms with van der Waals surface area (Å²) >= 11 is 0. The molecule has 0 radical (unpaired) electrons. The van der Waals surface area contributed by atoms with Crippen LogP contribution in [-0.2, 0) is 9.53 Å². The number of hydrogen-bond acceptors (Lipinski definition) is 4. The second-order valence-corrected chi connectivity index (χ2v) is 3.05. The van der Waals surface area contributed by atoms with Gasteiger partial charge in [0.2, 0.25) is 0 Å². The molecular weight excluding hydrogens is 210 g/mol. The molecule has 16 heavy (non-hydrogen) atoms. The molecule has 0 atom stereocenters. The minimum absolute atomic E-state index is 0.188. The molecule has 0 heterocycles. The predicted molar refractivity (Wildman–Crippen MR) is 58.5 cm³/mol. The largest absolute Gasteiger partial charge is 0.480 e. The molecular formula is C11H13NO4. The second-order valence-electron chi connectivity index (χ2n) is 3.05. The average Bonchev–Trinajstić information content (AvgIpc) is 2.27. The Balaban J connectivity index is 2.70. The smallest absolute Gasteiger partial charge is 0.338 e. The van der Waals surface area contributed by atoms with Crippen molar-refractivity contribution in [2.45, 2.75) is 6.92 Å². The molecule has 0 saturated heterocycles. The van der Waals surface area contributed by atoms with Crippen LogP contribution in [0.5, 0.6) is 0 Å². The quantitative estimate of drug-likeness (QED) is 0.737. The van der Waals surface area contributed by atoms with Crippen molar-refractivity contribution in [3.8, 4) is 0 Å². The number of carboxylic acid groups (broad SMARTS) is 1. The molecule has 1 aromatic rings. The van der Waals surface area contributed by atoms with E-state index in [-0.39, 0.29) is 6.54 Å². The summed E-state index contributed by atoms with van der Waals surface area (Å²) in [6.45, 7) is 1.85. The van der Waals surface area contributed by atoms with Crippen LogP contribution in [-0.4, -0.2) is 30.2 Å². The van der Waals surface area contributed by atoms with Gasteiger partial charge in [0.25, 0.3) is 0 Å². The lowest BCUT2D eigenvalue weighted by atomic mass is 10.2. The first-order chi connectivity index (χ1) is 7.63. The number of hydrogen-bond donors (Lipinski definition) is 2. The van der Waals surface area contributed by atoms with Crippen molar-refractivity contribution >= 4 is 17.6 Å². The van der Waals surface area contributed by atoms with Crippen molar-refractivity contribution in [1.29, 1.82) is 0 Å². The van der Waals surface area contributed by atoms with Gasteiger partial charge >= 0.3 is 11.9 Å². The first-order valence-electron chi connectivity index (χ1n) is 4.86. The molecule has 0 aromatic heterocycles. The Hall–Kier alpha value is -2.04. The molecule has 0 bridgehead atoms. The number of carboxylic acids is 1. The van der Waals surface area contributed by atoms with Gasteiger partial charge in [-0.05, 0) is 25.1 Å². The van der Waals surface area contributed by atoms with Gasteiger partial charge in [0.1, 0.15) is 6.54 Å². The molecule has 5 heteroatoms. The Morgan fingerprint density at radius 1 is 1.44 bits per heavy atom. The van der Waals surface area contributed by atoms with Crippen molar-refractivity contribution in [2.24, 2.45) is 0 Å². The number of ether oxygens (including phenoxy) is 1. The highest BCUT2D eigenvalue weighted by Gasteiger charge is 2.06. The van der Waals surface area contributed by atoms with E-state index in [4.69, 9.17) is 9.84 Å². The SMILES string of the molecule is CCOC(=O)c1cccc(NCC(=O)O)c1. The molecule has 0 aliphatic heterocycles. The summed E-state index contributed by atoms with van der Waals surface area (Å²) in [5.41, 5.74) is 0.977. The third-order valence-corrected chi connectivity index (χ3v) is 1.82. The van der Waals surface area contributed by atoms with Crippen LogP contribution in [0.15, 0.2) is 24.3 Å². The molecule has 0 fully saturated rings. The van der Waals surface area contributed by atoms with Crippen molar-refractivity contribution in [1.82, 2.24) is 0 Å². The Morgan fingerprint density at radius 3 is 2.81 bits per heavy atom. The van der Waals surface area contributed by atoms with Crippen molar-refractivity contribution < 1.29 is 19.4 Å². The average molecular weight is 223 g/mol. The summed E-state index contributed by atoms with van der Waals surface area (Å²) in [5, 5.41) is 11.2. The van der Waals surface area contributed by atoms with Crippen LogP contribution in [0, 0.1) is 0 Å². The number of nitrogens with one attached hydrogen (secondary N) is 1. The Labute approximate surface area is 93.0 Å². The number of aliphatic carboxylic acids is 1. The molecule has 5 nitrogen and oxygen atoms in total. The lowest BCUT2D eigenvalue weighted by Gasteiger charge is -2.05. The molecule has 0 spiro atoms. The van der Waals surface area contributed by atoms with Gasteiger partial charge < -0.3 is 15.2 Å². The standard InChI is InChI=1S/C11H13NO4/c1-2-16-11(15)8-4-3-5-9(6-8)12-7-10(13)14/h3-6,12H,2,7H2,1H3,(H,13,14). The Morgan fingerprint density at radius 2 is 2.19 bits per heavy atom. The first-order valence-corrected chi connectivity index (χ1v) is 4.86. The van der Waals surface area contributed by atoms with Gasteiger partial charge in [-0.3, -0.25) is 4.79 Å². The summed E-state index contributed by atoms with van der Waals surface area (Å²) in [4.78, 5) is 21.7. The summed E-state index contributed by atoms with van der Waals surface area (Å²) in [6, 6.07) is 6.52. The zero-order valence-corrected chi connectivity index (χ0v) is 8.90. The van der Waals surface area contributed by atoms with Gasteiger partial charge in [-0.1, -0.05) is 6.07 Å². The summed E-state index contributed by atoms with van der Waals surface area (Å²) < 4.78 is 4.83. The number of anilines is 1. The molecule has 1 rings (SSSR count). The lowest BCUT2D eigenvalue weighted by Crippen LogP contribution is -2.13. The van der Waals surface area contributed by atoms with Gasteiger partial charge in [-0.25, -0.2) is 4.79 Å². The summed E-state index contributed by atoms with van der Waals surface area (Å²) in [6.07, 6.45) is 0. The van der Waals surface area contributed by atoms with Gasteiger partial charge in [-0.2, -0.15) is 0 Å². The van der Waals surface area contributed by atoms with Gasteiger partial charge in [0.15, 0.2) is 0 Å². The van der Waals surface area contributed by atoms with Crippen molar-refractivity contribution in [2.75, 3.05) is 18.5 Å². The number of carbonyl (C=O) groups excluding carboxylic acids is 1. The van der Waals surface area contributed by atoms with Crippen LogP contribution in [0.4, 0.5) is 5.69 Å². The van der Waals surface area contributed by atoms with E-state index in [0.717, 1.165) is 0 Å². The van der Waals surface area contributed by atoms with Gasteiger partial charge in [0.05, 0.1) is 12.2 Å². The topological polar surface area (TPSA) is 75.6 Å².